The second-order valence-corrected chi connectivity index (χ2v) is 11.0. The van der Waals surface area contributed by atoms with E-state index in [1.165, 1.54) is 11.8 Å². The highest BCUT2D eigenvalue weighted by Crippen LogP contribution is 2.49. The number of anilines is 1. The number of hydrogen-bond acceptors (Lipinski definition) is 6. The maximum Gasteiger partial charge on any atom is 0.257 e. The molecule has 5 rings (SSSR count). The summed E-state index contributed by atoms with van der Waals surface area (Å²) in [6, 6.07) is 15.1. The van der Waals surface area contributed by atoms with Crippen molar-refractivity contribution in [3.8, 4) is 5.75 Å². The maximum atomic E-state index is 13.5. The molecule has 8 heteroatoms. The summed E-state index contributed by atoms with van der Waals surface area (Å²) in [5.74, 6) is 1.17. The summed E-state index contributed by atoms with van der Waals surface area (Å²) in [4.78, 5) is 34.6. The largest absolute Gasteiger partial charge is 0.496 e. The number of carbonyl (C=O) groups excluding carboxylic acids is 1. The van der Waals surface area contributed by atoms with Gasteiger partial charge in [-0.15, -0.1) is 0 Å². The van der Waals surface area contributed by atoms with Crippen molar-refractivity contribution in [2.45, 2.75) is 43.5 Å². The first-order valence-electron chi connectivity index (χ1n) is 11.4. The molecule has 1 aromatic heterocycles. The molecule has 0 saturated carbocycles. The molecule has 0 bridgehead atoms. The molecule has 0 amide bonds. The summed E-state index contributed by atoms with van der Waals surface area (Å²) in [7, 11) is 1.60. The lowest BCUT2D eigenvalue weighted by atomic mass is 9.69. The average Bonchev–Trinajstić information content (AvgIpc) is 2.81. The van der Waals surface area contributed by atoms with E-state index < -0.39 is 5.92 Å². The van der Waals surface area contributed by atoms with Crippen molar-refractivity contribution in [1.29, 1.82) is 0 Å². The van der Waals surface area contributed by atoms with Gasteiger partial charge in [-0.2, -0.15) is 0 Å². The predicted octanol–water partition coefficient (Wildman–Crippen LogP) is 5.92. The van der Waals surface area contributed by atoms with Crippen LogP contribution in [0.3, 0.4) is 0 Å². The molecule has 2 aliphatic rings. The van der Waals surface area contributed by atoms with Crippen molar-refractivity contribution in [3.63, 3.8) is 0 Å². The molecule has 0 spiro atoms. The van der Waals surface area contributed by atoms with Crippen LogP contribution in [0.5, 0.6) is 5.75 Å². The quantitative estimate of drug-likeness (QED) is 0.329. The van der Waals surface area contributed by atoms with Gasteiger partial charge in [-0.05, 0) is 29.5 Å². The fourth-order valence-electron chi connectivity index (χ4n) is 4.94. The number of aromatic amines is 1. The van der Waals surface area contributed by atoms with Gasteiger partial charge in [0, 0.05) is 34.0 Å². The Bertz CT molecular complexity index is 1410. The zero-order valence-electron chi connectivity index (χ0n) is 19.8. The first-order valence-corrected chi connectivity index (χ1v) is 12.8. The van der Waals surface area contributed by atoms with Gasteiger partial charge in [-0.1, -0.05) is 73.6 Å². The average molecular weight is 508 g/mol. The van der Waals surface area contributed by atoms with Gasteiger partial charge in [0.1, 0.15) is 11.6 Å². The van der Waals surface area contributed by atoms with E-state index in [4.69, 9.17) is 21.3 Å². The molecule has 0 unspecified atom stereocenters. The lowest BCUT2D eigenvalue weighted by Crippen LogP contribution is -2.37. The van der Waals surface area contributed by atoms with Crippen molar-refractivity contribution in [3.05, 3.63) is 91.9 Å². The van der Waals surface area contributed by atoms with Crippen LogP contribution in [-0.4, -0.2) is 22.9 Å². The van der Waals surface area contributed by atoms with Crippen LogP contribution in [0.2, 0.25) is 5.02 Å². The molecule has 1 aliphatic carbocycles. The summed E-state index contributed by atoms with van der Waals surface area (Å²) in [5.41, 5.74) is 3.17. The van der Waals surface area contributed by atoms with Crippen molar-refractivity contribution in [2.24, 2.45) is 5.41 Å². The van der Waals surface area contributed by atoms with E-state index in [1.807, 2.05) is 48.5 Å². The summed E-state index contributed by atoms with van der Waals surface area (Å²) in [6.45, 7) is 4.17. The molecule has 6 nitrogen and oxygen atoms in total. The number of nitrogens with one attached hydrogen (secondary N) is 2. The number of halogens is 1. The Morgan fingerprint density at radius 3 is 2.63 bits per heavy atom. The van der Waals surface area contributed by atoms with Crippen LogP contribution in [0, 0.1) is 5.41 Å². The van der Waals surface area contributed by atoms with E-state index in [0.29, 0.717) is 51.5 Å². The number of methoxy groups -OCH3 is 1. The fraction of sp³-hybridized carbons (Fsp3) is 0.296. The highest BCUT2D eigenvalue weighted by Gasteiger charge is 2.43. The minimum absolute atomic E-state index is 0.0434. The van der Waals surface area contributed by atoms with Crippen LogP contribution in [0.25, 0.3) is 0 Å². The van der Waals surface area contributed by atoms with Crippen LogP contribution in [0.1, 0.15) is 49.3 Å². The number of nitrogens with zero attached hydrogens (tertiary/aromatic N) is 1. The summed E-state index contributed by atoms with van der Waals surface area (Å²) in [5, 5.41) is 4.53. The molecule has 0 saturated heterocycles. The van der Waals surface area contributed by atoms with Crippen molar-refractivity contribution < 1.29 is 9.53 Å². The normalized spacial score (nSPS) is 18.5. The first-order chi connectivity index (χ1) is 16.8. The number of ketones is 1. The molecule has 3 aromatic rings. The molecule has 35 heavy (non-hydrogen) atoms. The number of hydrogen-bond donors (Lipinski definition) is 2. The van der Waals surface area contributed by atoms with Gasteiger partial charge >= 0.3 is 0 Å². The first kappa shape index (κ1) is 23.7. The number of carbonyl (C=O) groups is 1. The van der Waals surface area contributed by atoms with Crippen LogP contribution in [0.15, 0.2) is 69.8 Å². The van der Waals surface area contributed by atoms with Gasteiger partial charge in [-0.3, -0.25) is 9.59 Å². The molecule has 1 atom stereocenters. The minimum Gasteiger partial charge on any atom is -0.496 e. The summed E-state index contributed by atoms with van der Waals surface area (Å²) < 4.78 is 5.63. The fourth-order valence-corrected chi connectivity index (χ4v) is 6.09. The number of para-hydroxylation sites is 1. The SMILES string of the molecule is COc1ccccc1[C@@H]1C2=C(CC(C)(C)CC2=O)Nc2nc(SCc3ccccc3Cl)[nH]c(=O)c21. The molecular weight excluding hydrogens is 482 g/mol. The third-order valence-electron chi connectivity index (χ3n) is 6.47. The number of allylic oxidation sites excluding steroid dienone is 2. The second kappa shape index (κ2) is 9.21. The lowest BCUT2D eigenvalue weighted by molar-refractivity contribution is -0.118. The Hall–Kier alpha value is -3.03. The molecule has 2 N–H and O–H groups in total. The topological polar surface area (TPSA) is 84.1 Å². The maximum absolute atomic E-state index is 13.5. The van der Waals surface area contributed by atoms with E-state index in [9.17, 15) is 9.59 Å². The molecule has 0 radical (unpaired) electrons. The summed E-state index contributed by atoms with van der Waals surface area (Å²) >= 11 is 7.71. The Labute approximate surface area is 213 Å². The number of benzene rings is 2. The summed E-state index contributed by atoms with van der Waals surface area (Å²) in [6.07, 6.45) is 1.11. The Balaban J connectivity index is 1.62. The van der Waals surface area contributed by atoms with Gasteiger partial charge in [0.05, 0.1) is 18.6 Å². The van der Waals surface area contributed by atoms with Gasteiger partial charge in [0.15, 0.2) is 10.9 Å². The zero-order chi connectivity index (χ0) is 24.7. The van der Waals surface area contributed by atoms with Crippen molar-refractivity contribution >= 4 is 35.0 Å². The van der Waals surface area contributed by atoms with Crippen LogP contribution in [-0.2, 0) is 10.5 Å². The van der Waals surface area contributed by atoms with E-state index in [0.717, 1.165) is 16.8 Å². The number of rotatable bonds is 5. The molecular formula is C27H26ClN3O3S. The van der Waals surface area contributed by atoms with E-state index in [2.05, 4.69) is 24.1 Å². The number of Topliss-reactive ketones (excluding diaryl/α,β-unsaturated/α-hetero) is 1. The minimum atomic E-state index is -0.556. The van der Waals surface area contributed by atoms with Crippen LogP contribution in [0.4, 0.5) is 5.82 Å². The smallest absolute Gasteiger partial charge is 0.257 e. The van der Waals surface area contributed by atoms with Gasteiger partial charge in [0.25, 0.3) is 5.56 Å². The number of thioether (sulfide) groups is 1. The van der Waals surface area contributed by atoms with Crippen molar-refractivity contribution in [1.82, 2.24) is 9.97 Å². The highest BCUT2D eigenvalue weighted by molar-refractivity contribution is 7.98. The predicted molar refractivity (Wildman–Crippen MR) is 139 cm³/mol. The molecule has 2 heterocycles. The van der Waals surface area contributed by atoms with Gasteiger partial charge in [-0.25, -0.2) is 4.98 Å². The second-order valence-electron chi connectivity index (χ2n) is 9.65. The molecule has 0 fully saturated rings. The molecule has 1 aliphatic heterocycles. The highest BCUT2D eigenvalue weighted by atomic mass is 35.5. The Morgan fingerprint density at radius 2 is 1.86 bits per heavy atom. The molecule has 2 aromatic carbocycles. The van der Waals surface area contributed by atoms with Crippen LogP contribution >= 0.6 is 23.4 Å². The Morgan fingerprint density at radius 1 is 1.11 bits per heavy atom. The third-order valence-corrected chi connectivity index (χ3v) is 7.76. The number of aromatic nitrogens is 2. The number of H-pyrrole nitrogens is 1. The van der Waals surface area contributed by atoms with Crippen molar-refractivity contribution in [2.75, 3.05) is 12.4 Å². The number of ether oxygens (including phenoxy) is 1. The van der Waals surface area contributed by atoms with Gasteiger partial charge in [0.2, 0.25) is 0 Å². The monoisotopic (exact) mass is 507 g/mol. The van der Waals surface area contributed by atoms with E-state index >= 15 is 0 Å². The Kier molecular flexibility index (Phi) is 6.23. The third kappa shape index (κ3) is 4.50. The standard InChI is InChI=1S/C27H26ClN3O3S/c1-27(2)12-18-22(19(32)13-27)21(16-9-5-7-11-20(16)34-3)23-24(29-18)30-26(31-25(23)33)35-14-15-8-4-6-10-17(15)28/h4-11,21H,12-14H2,1-3H3,(H2,29,30,31,33)/t21-/m1/s1. The molecule has 180 valence electrons. The van der Waals surface area contributed by atoms with E-state index in [1.54, 1.807) is 7.11 Å². The van der Waals surface area contributed by atoms with Crippen LogP contribution < -0.4 is 15.6 Å². The lowest BCUT2D eigenvalue weighted by Gasteiger charge is -2.38. The number of fused-ring (bicyclic) bond motifs is 1. The zero-order valence-corrected chi connectivity index (χ0v) is 21.3. The van der Waals surface area contributed by atoms with E-state index in [-0.39, 0.29) is 16.8 Å². The van der Waals surface area contributed by atoms with Gasteiger partial charge < -0.3 is 15.0 Å².